The Bertz CT molecular complexity index is 875. The van der Waals surface area contributed by atoms with E-state index in [0.29, 0.717) is 12.1 Å². The molecule has 2 heterocycles. The highest BCUT2D eigenvalue weighted by atomic mass is 32.1. The number of hydrogen-bond acceptors (Lipinski definition) is 4. The Balaban J connectivity index is 1.76. The molecule has 3 rings (SSSR count). The van der Waals surface area contributed by atoms with Gasteiger partial charge in [0.1, 0.15) is 0 Å². The lowest BCUT2D eigenvalue weighted by Crippen LogP contribution is -2.32. The van der Waals surface area contributed by atoms with Crippen molar-refractivity contribution in [3.8, 4) is 0 Å². The summed E-state index contributed by atoms with van der Waals surface area (Å²) in [4.78, 5) is 18.4. The van der Waals surface area contributed by atoms with Crippen molar-refractivity contribution >= 4 is 28.1 Å². The first-order valence-electron chi connectivity index (χ1n) is 8.36. The lowest BCUT2D eigenvalue weighted by molar-refractivity contribution is 0.0941. The number of amides is 1. The molecule has 1 aromatic carbocycles. The van der Waals surface area contributed by atoms with Crippen LogP contribution in [0, 0.1) is 19.8 Å². The number of pyridine rings is 1. The average molecular weight is 354 g/mol. The number of nitrogens with zero attached hydrogens (tertiary/aromatic N) is 1. The normalized spacial score (nSPS) is 12.3. The molecule has 0 aliphatic heterocycles. The van der Waals surface area contributed by atoms with Gasteiger partial charge in [-0.2, -0.15) is 0 Å². The van der Waals surface area contributed by atoms with E-state index < -0.39 is 0 Å². The minimum Gasteiger partial charge on any atom is -0.396 e. The van der Waals surface area contributed by atoms with E-state index in [1.165, 1.54) is 4.88 Å². The number of hydrogen-bond donors (Lipinski definition) is 2. The molecule has 25 heavy (non-hydrogen) atoms. The summed E-state index contributed by atoms with van der Waals surface area (Å²) in [6.07, 6.45) is 0.768. The number of carbonyl (C=O) groups excluding carboxylic acids is 1. The summed E-state index contributed by atoms with van der Waals surface area (Å²) < 4.78 is 0. The van der Waals surface area contributed by atoms with Crippen LogP contribution >= 0.6 is 11.3 Å². The zero-order valence-electron chi connectivity index (χ0n) is 14.5. The smallest absolute Gasteiger partial charge is 0.252 e. The summed E-state index contributed by atoms with van der Waals surface area (Å²) in [5.41, 5.74) is 3.38. The van der Waals surface area contributed by atoms with E-state index in [2.05, 4.69) is 16.4 Å². The molecular formula is C20H22N2O2S. The third-order valence-electron chi connectivity index (χ3n) is 4.22. The van der Waals surface area contributed by atoms with Crippen LogP contribution in [-0.2, 0) is 6.42 Å². The molecule has 0 saturated heterocycles. The highest BCUT2D eigenvalue weighted by Gasteiger charge is 2.15. The number of aliphatic hydroxyl groups is 1. The largest absolute Gasteiger partial charge is 0.396 e. The van der Waals surface area contributed by atoms with Crippen molar-refractivity contribution in [2.24, 2.45) is 5.92 Å². The van der Waals surface area contributed by atoms with Crippen LogP contribution in [-0.4, -0.2) is 29.1 Å². The molecule has 0 radical (unpaired) electrons. The van der Waals surface area contributed by atoms with Crippen molar-refractivity contribution in [1.29, 1.82) is 0 Å². The standard InChI is InChI=1S/C20H22N2O2S/c1-13-5-6-19-17(8-13)18(9-14(2)22-19)20(24)21-11-15(12-23)10-16-4-3-7-25-16/h3-9,15,23H,10-12H2,1-2H3,(H,21,24)/t15-/m1/s1. The summed E-state index contributed by atoms with van der Waals surface area (Å²) >= 11 is 1.67. The van der Waals surface area contributed by atoms with E-state index in [1.807, 2.05) is 49.6 Å². The van der Waals surface area contributed by atoms with Gasteiger partial charge in [0.25, 0.3) is 5.91 Å². The number of aryl methyl sites for hydroxylation is 2. The molecule has 1 amide bonds. The molecule has 0 saturated carbocycles. The van der Waals surface area contributed by atoms with E-state index in [-0.39, 0.29) is 18.4 Å². The summed E-state index contributed by atoms with van der Waals surface area (Å²) in [5, 5.41) is 15.5. The number of nitrogens with one attached hydrogen (secondary N) is 1. The maximum absolute atomic E-state index is 12.7. The van der Waals surface area contributed by atoms with Gasteiger partial charge in [0.05, 0.1) is 11.1 Å². The van der Waals surface area contributed by atoms with Crippen LogP contribution in [0.4, 0.5) is 0 Å². The first-order valence-corrected chi connectivity index (χ1v) is 9.24. The first kappa shape index (κ1) is 17.6. The van der Waals surface area contributed by atoms with E-state index in [1.54, 1.807) is 11.3 Å². The van der Waals surface area contributed by atoms with Crippen LogP contribution in [0.15, 0.2) is 41.8 Å². The average Bonchev–Trinajstić information content (AvgIpc) is 3.11. The number of fused-ring (bicyclic) bond motifs is 1. The second kappa shape index (κ2) is 7.76. The maximum Gasteiger partial charge on any atom is 0.252 e. The van der Waals surface area contributed by atoms with Crippen LogP contribution < -0.4 is 5.32 Å². The van der Waals surface area contributed by atoms with Gasteiger partial charge in [-0.05, 0) is 49.9 Å². The van der Waals surface area contributed by atoms with Gasteiger partial charge in [0.15, 0.2) is 0 Å². The zero-order chi connectivity index (χ0) is 17.8. The fourth-order valence-electron chi connectivity index (χ4n) is 2.91. The number of aliphatic hydroxyl groups excluding tert-OH is 1. The highest BCUT2D eigenvalue weighted by molar-refractivity contribution is 7.09. The van der Waals surface area contributed by atoms with Crippen molar-refractivity contribution in [2.45, 2.75) is 20.3 Å². The van der Waals surface area contributed by atoms with Crippen LogP contribution in [0.1, 0.15) is 26.5 Å². The minimum absolute atomic E-state index is 0.0125. The monoisotopic (exact) mass is 354 g/mol. The van der Waals surface area contributed by atoms with Crippen LogP contribution in [0.3, 0.4) is 0 Å². The first-order chi connectivity index (χ1) is 12.1. The molecule has 0 fully saturated rings. The summed E-state index contributed by atoms with van der Waals surface area (Å²) in [6, 6.07) is 11.8. The van der Waals surface area contributed by atoms with E-state index in [4.69, 9.17) is 0 Å². The molecule has 5 heteroatoms. The molecular weight excluding hydrogens is 332 g/mol. The Hall–Kier alpha value is -2.24. The van der Waals surface area contributed by atoms with E-state index in [9.17, 15) is 9.90 Å². The molecule has 0 aliphatic rings. The Morgan fingerprint density at radius 3 is 2.84 bits per heavy atom. The SMILES string of the molecule is Cc1ccc2nc(C)cc(C(=O)NC[C@H](CO)Cc3cccs3)c2c1. The van der Waals surface area contributed by atoms with E-state index in [0.717, 1.165) is 28.6 Å². The fraction of sp³-hybridized carbons (Fsp3) is 0.300. The summed E-state index contributed by atoms with van der Waals surface area (Å²) in [6.45, 7) is 4.39. The predicted molar refractivity (Wildman–Crippen MR) is 102 cm³/mol. The zero-order valence-corrected chi connectivity index (χ0v) is 15.3. The number of thiophene rings is 1. The van der Waals surface area contributed by atoms with Gasteiger partial charge in [-0.3, -0.25) is 9.78 Å². The third kappa shape index (κ3) is 4.24. The molecule has 0 unspecified atom stereocenters. The van der Waals surface area contributed by atoms with Gasteiger partial charge < -0.3 is 10.4 Å². The molecule has 0 aliphatic carbocycles. The van der Waals surface area contributed by atoms with Gasteiger partial charge in [-0.25, -0.2) is 0 Å². The van der Waals surface area contributed by atoms with Crippen LogP contribution in [0.2, 0.25) is 0 Å². The fourth-order valence-corrected chi connectivity index (χ4v) is 3.73. The second-order valence-electron chi connectivity index (χ2n) is 6.37. The molecule has 1 atom stereocenters. The third-order valence-corrected chi connectivity index (χ3v) is 5.12. The molecule has 4 nitrogen and oxygen atoms in total. The van der Waals surface area contributed by atoms with Crippen molar-refractivity contribution in [1.82, 2.24) is 10.3 Å². The number of carbonyl (C=O) groups is 1. The van der Waals surface area contributed by atoms with Crippen LogP contribution in [0.25, 0.3) is 10.9 Å². The van der Waals surface area contributed by atoms with Crippen molar-refractivity contribution in [3.63, 3.8) is 0 Å². The minimum atomic E-state index is -0.120. The second-order valence-corrected chi connectivity index (χ2v) is 7.41. The number of aromatic nitrogens is 1. The summed E-state index contributed by atoms with van der Waals surface area (Å²) in [5.74, 6) is -0.107. The maximum atomic E-state index is 12.7. The van der Waals surface area contributed by atoms with Gasteiger partial charge in [-0.1, -0.05) is 17.7 Å². The molecule has 2 N–H and O–H groups in total. The Morgan fingerprint density at radius 1 is 1.28 bits per heavy atom. The predicted octanol–water partition coefficient (Wildman–Crippen LogP) is 3.49. The Kier molecular flexibility index (Phi) is 5.46. The van der Waals surface area contributed by atoms with Crippen LogP contribution in [0.5, 0.6) is 0 Å². The lowest BCUT2D eigenvalue weighted by atomic mass is 10.0. The van der Waals surface area contributed by atoms with Crippen molar-refractivity contribution in [3.05, 3.63) is 63.5 Å². The van der Waals surface area contributed by atoms with E-state index >= 15 is 0 Å². The van der Waals surface area contributed by atoms with Crippen molar-refractivity contribution < 1.29 is 9.90 Å². The van der Waals surface area contributed by atoms with Gasteiger partial charge in [-0.15, -0.1) is 11.3 Å². The summed E-state index contributed by atoms with van der Waals surface area (Å²) in [7, 11) is 0. The van der Waals surface area contributed by atoms with Gasteiger partial charge >= 0.3 is 0 Å². The van der Waals surface area contributed by atoms with Gasteiger partial charge in [0.2, 0.25) is 0 Å². The molecule has 130 valence electrons. The lowest BCUT2D eigenvalue weighted by Gasteiger charge is -2.15. The Labute approximate surface area is 151 Å². The number of rotatable bonds is 6. The number of benzene rings is 1. The molecule has 3 aromatic rings. The van der Waals surface area contributed by atoms with Gasteiger partial charge in [0, 0.05) is 35.0 Å². The molecule has 0 bridgehead atoms. The Morgan fingerprint density at radius 2 is 2.12 bits per heavy atom. The molecule has 0 spiro atoms. The topological polar surface area (TPSA) is 62.2 Å². The quantitative estimate of drug-likeness (QED) is 0.712. The highest BCUT2D eigenvalue weighted by Crippen LogP contribution is 2.20. The molecule has 2 aromatic heterocycles. The van der Waals surface area contributed by atoms with Crippen molar-refractivity contribution in [2.75, 3.05) is 13.2 Å².